The first-order valence-electron chi connectivity index (χ1n) is 8.53. The van der Waals surface area contributed by atoms with E-state index in [-0.39, 0.29) is 10.5 Å². The zero-order chi connectivity index (χ0) is 19.8. The Kier molecular flexibility index (Phi) is 4.64. The summed E-state index contributed by atoms with van der Waals surface area (Å²) in [5, 5.41) is 0.714. The van der Waals surface area contributed by atoms with E-state index in [1.165, 1.54) is 14.2 Å². The van der Waals surface area contributed by atoms with Crippen molar-refractivity contribution in [3.8, 4) is 5.75 Å². The first kappa shape index (κ1) is 18.2. The standard InChI is InChI=1S/C20H18N2O5S/c1-22-12-8-4-5-9-13(12)27-16-14(11-7-6-10-21-11)15(19(23)25-2)17(20(24)26-3)28-18(16)22/h4-10,14,21H,1-3H3. The van der Waals surface area contributed by atoms with Crippen molar-refractivity contribution in [3.63, 3.8) is 0 Å². The molecule has 0 saturated carbocycles. The van der Waals surface area contributed by atoms with Gasteiger partial charge in [-0.05, 0) is 24.3 Å². The van der Waals surface area contributed by atoms with Crippen LogP contribution in [0, 0.1) is 0 Å². The molecule has 2 aromatic rings. The van der Waals surface area contributed by atoms with Gasteiger partial charge in [-0.1, -0.05) is 23.9 Å². The number of ether oxygens (including phenoxy) is 3. The van der Waals surface area contributed by atoms with Crippen molar-refractivity contribution >= 4 is 29.4 Å². The second-order valence-electron chi connectivity index (χ2n) is 6.18. The number of para-hydroxylation sites is 2. The maximum Gasteiger partial charge on any atom is 0.345 e. The van der Waals surface area contributed by atoms with Gasteiger partial charge in [-0.25, -0.2) is 9.59 Å². The van der Waals surface area contributed by atoms with Crippen molar-refractivity contribution in [3.05, 3.63) is 69.6 Å². The summed E-state index contributed by atoms with van der Waals surface area (Å²) in [5.74, 6) is -0.609. The fourth-order valence-corrected chi connectivity index (χ4v) is 4.52. The highest BCUT2D eigenvalue weighted by Gasteiger charge is 2.44. The van der Waals surface area contributed by atoms with Crippen molar-refractivity contribution in [2.75, 3.05) is 26.2 Å². The minimum absolute atomic E-state index is 0.183. The fraction of sp³-hybridized carbons (Fsp3) is 0.200. The lowest BCUT2D eigenvalue weighted by molar-refractivity contribution is -0.139. The average molecular weight is 398 g/mol. The van der Waals surface area contributed by atoms with E-state index < -0.39 is 17.9 Å². The molecule has 0 spiro atoms. The van der Waals surface area contributed by atoms with Gasteiger partial charge in [0.2, 0.25) is 0 Å². The highest BCUT2D eigenvalue weighted by atomic mass is 32.2. The monoisotopic (exact) mass is 398 g/mol. The summed E-state index contributed by atoms with van der Waals surface area (Å²) in [6.07, 6.45) is 1.75. The van der Waals surface area contributed by atoms with E-state index in [9.17, 15) is 9.59 Å². The summed E-state index contributed by atoms with van der Waals surface area (Å²) in [5.41, 5.74) is 1.76. The van der Waals surface area contributed by atoms with Gasteiger partial charge in [-0.3, -0.25) is 0 Å². The summed E-state index contributed by atoms with van der Waals surface area (Å²) in [7, 11) is 4.47. The van der Waals surface area contributed by atoms with Crippen LogP contribution >= 0.6 is 11.8 Å². The van der Waals surface area contributed by atoms with Crippen LogP contribution in [-0.2, 0) is 19.1 Å². The minimum atomic E-state index is -0.636. The van der Waals surface area contributed by atoms with Gasteiger partial charge in [0.25, 0.3) is 0 Å². The number of anilines is 1. The molecule has 1 aromatic carbocycles. The Morgan fingerprint density at radius 3 is 2.54 bits per heavy atom. The number of carbonyl (C=O) groups excluding carboxylic acids is 2. The zero-order valence-electron chi connectivity index (χ0n) is 15.5. The van der Waals surface area contributed by atoms with Crippen molar-refractivity contribution in [1.29, 1.82) is 0 Å². The second-order valence-corrected chi connectivity index (χ2v) is 7.18. The molecule has 1 unspecified atom stereocenters. The molecule has 0 amide bonds. The second kappa shape index (κ2) is 7.12. The number of thioether (sulfide) groups is 1. The number of allylic oxidation sites excluding steroid dienone is 1. The first-order chi connectivity index (χ1) is 13.6. The largest absolute Gasteiger partial charge is 0.466 e. The number of aromatic amines is 1. The van der Waals surface area contributed by atoms with Crippen LogP contribution in [0.1, 0.15) is 11.6 Å². The number of methoxy groups -OCH3 is 2. The Morgan fingerprint density at radius 2 is 1.86 bits per heavy atom. The van der Waals surface area contributed by atoms with Crippen LogP contribution in [0.5, 0.6) is 5.75 Å². The molecular formula is C20H18N2O5S. The zero-order valence-corrected chi connectivity index (χ0v) is 16.3. The number of H-pyrrole nitrogens is 1. The molecule has 0 radical (unpaired) electrons. The molecule has 0 fully saturated rings. The Hall–Kier alpha value is -3.13. The number of rotatable bonds is 3. The average Bonchev–Trinajstić information content (AvgIpc) is 3.26. The quantitative estimate of drug-likeness (QED) is 0.796. The van der Waals surface area contributed by atoms with E-state index in [1.54, 1.807) is 6.20 Å². The number of carbonyl (C=O) groups is 2. The third kappa shape index (κ3) is 2.77. The van der Waals surface area contributed by atoms with Gasteiger partial charge in [-0.15, -0.1) is 0 Å². The maximum absolute atomic E-state index is 12.7. The molecule has 8 heteroatoms. The molecule has 1 aromatic heterocycles. The van der Waals surface area contributed by atoms with Crippen molar-refractivity contribution < 1.29 is 23.8 Å². The summed E-state index contributed by atoms with van der Waals surface area (Å²) in [6.45, 7) is 0. The van der Waals surface area contributed by atoms with Gasteiger partial charge in [0.05, 0.1) is 31.4 Å². The van der Waals surface area contributed by atoms with Crippen molar-refractivity contribution in [1.82, 2.24) is 4.98 Å². The van der Waals surface area contributed by atoms with Crippen LogP contribution in [0.2, 0.25) is 0 Å². The van der Waals surface area contributed by atoms with Crippen LogP contribution in [0.4, 0.5) is 5.69 Å². The van der Waals surface area contributed by atoms with Crippen LogP contribution in [-0.4, -0.2) is 38.2 Å². The Labute approximate surface area is 166 Å². The van der Waals surface area contributed by atoms with Gasteiger partial charge in [0, 0.05) is 18.9 Å². The molecule has 4 rings (SSSR count). The van der Waals surface area contributed by atoms with Gasteiger partial charge < -0.3 is 24.1 Å². The number of nitrogens with one attached hydrogen (secondary N) is 1. The van der Waals surface area contributed by atoms with E-state index in [0.717, 1.165) is 17.4 Å². The Morgan fingerprint density at radius 1 is 1.11 bits per heavy atom. The normalized spacial score (nSPS) is 18.2. The lowest BCUT2D eigenvalue weighted by Gasteiger charge is -2.37. The number of esters is 2. The Balaban J connectivity index is 1.94. The third-order valence-electron chi connectivity index (χ3n) is 4.67. The molecule has 2 aliphatic rings. The summed E-state index contributed by atoms with van der Waals surface area (Å²) < 4.78 is 16.2. The third-order valence-corrected chi connectivity index (χ3v) is 5.92. The molecule has 28 heavy (non-hydrogen) atoms. The number of hydrogen-bond acceptors (Lipinski definition) is 7. The number of aromatic nitrogens is 1. The molecule has 0 saturated heterocycles. The lowest BCUT2D eigenvalue weighted by Crippen LogP contribution is -2.32. The van der Waals surface area contributed by atoms with E-state index in [1.807, 2.05) is 48.3 Å². The van der Waals surface area contributed by atoms with Gasteiger partial charge in [0.1, 0.15) is 15.7 Å². The SMILES string of the molecule is COC(=O)C1=C(C(=O)OC)C(c2ccc[nH]2)C2=C(S1)N(C)c1ccccc1O2. The van der Waals surface area contributed by atoms with Gasteiger partial charge in [-0.2, -0.15) is 0 Å². The number of benzene rings is 1. The molecule has 144 valence electrons. The molecule has 3 heterocycles. The molecule has 0 bridgehead atoms. The topological polar surface area (TPSA) is 80.9 Å². The number of hydrogen-bond donors (Lipinski definition) is 1. The molecule has 2 aliphatic heterocycles. The highest BCUT2D eigenvalue weighted by Crippen LogP contribution is 2.52. The molecular weight excluding hydrogens is 380 g/mol. The van der Waals surface area contributed by atoms with Crippen molar-refractivity contribution in [2.24, 2.45) is 0 Å². The van der Waals surface area contributed by atoms with Gasteiger partial charge >= 0.3 is 11.9 Å². The van der Waals surface area contributed by atoms with Crippen LogP contribution in [0.3, 0.4) is 0 Å². The van der Waals surface area contributed by atoms with Gasteiger partial charge in [0.15, 0.2) is 5.75 Å². The summed E-state index contributed by atoms with van der Waals surface area (Å²) in [4.78, 5) is 30.5. The van der Waals surface area contributed by atoms with Crippen molar-refractivity contribution in [2.45, 2.75) is 5.92 Å². The molecule has 1 N–H and O–H groups in total. The minimum Gasteiger partial charge on any atom is -0.466 e. The predicted octanol–water partition coefficient (Wildman–Crippen LogP) is 3.14. The molecule has 7 nitrogen and oxygen atoms in total. The number of nitrogens with zero attached hydrogens (tertiary/aromatic N) is 1. The van der Waals surface area contributed by atoms with Crippen LogP contribution in [0.25, 0.3) is 0 Å². The van der Waals surface area contributed by atoms with E-state index in [2.05, 4.69) is 4.98 Å². The van der Waals surface area contributed by atoms with Crippen LogP contribution < -0.4 is 9.64 Å². The first-order valence-corrected chi connectivity index (χ1v) is 9.35. The Bertz CT molecular complexity index is 1010. The fourth-order valence-electron chi connectivity index (χ4n) is 3.36. The molecule has 0 aliphatic carbocycles. The smallest absolute Gasteiger partial charge is 0.345 e. The highest BCUT2D eigenvalue weighted by molar-refractivity contribution is 8.07. The number of fused-ring (bicyclic) bond motifs is 1. The molecule has 1 atom stereocenters. The lowest BCUT2D eigenvalue weighted by atomic mass is 9.91. The van der Waals surface area contributed by atoms with E-state index in [0.29, 0.717) is 22.2 Å². The predicted molar refractivity (Wildman–Crippen MR) is 105 cm³/mol. The van der Waals surface area contributed by atoms with Crippen LogP contribution in [0.15, 0.2) is 63.9 Å². The van der Waals surface area contributed by atoms with E-state index in [4.69, 9.17) is 14.2 Å². The summed E-state index contributed by atoms with van der Waals surface area (Å²) in [6, 6.07) is 11.3. The maximum atomic E-state index is 12.7. The summed E-state index contributed by atoms with van der Waals surface area (Å²) >= 11 is 1.14. The van der Waals surface area contributed by atoms with E-state index >= 15 is 0 Å².